The van der Waals surface area contributed by atoms with Gasteiger partial charge >= 0.3 is 5.97 Å². The zero-order chi connectivity index (χ0) is 13.6. The number of amides is 1. The number of nitrogens with zero attached hydrogens (tertiary/aromatic N) is 1. The monoisotopic (exact) mass is 251 g/mol. The van der Waals surface area contributed by atoms with Crippen LogP contribution in [0.25, 0.3) is 0 Å². The van der Waals surface area contributed by atoms with Crippen LogP contribution in [0.5, 0.6) is 0 Å². The average Bonchev–Trinajstić information content (AvgIpc) is 2.79. The highest BCUT2D eigenvalue weighted by atomic mass is 16.4. The first-order valence-electron chi connectivity index (χ1n) is 6.56. The third-order valence-corrected chi connectivity index (χ3v) is 3.73. The summed E-state index contributed by atoms with van der Waals surface area (Å²) < 4.78 is 0. The van der Waals surface area contributed by atoms with Gasteiger partial charge in [0.15, 0.2) is 0 Å². The Balaban J connectivity index is 2.61. The Bertz CT molecular complexity index is 359. The fraction of sp³-hybridized carbons (Fsp3) is 0.714. The van der Waals surface area contributed by atoms with Gasteiger partial charge in [-0.25, -0.2) is 4.79 Å². The number of hydrogen-bond donors (Lipinski definition) is 1. The Kier molecular flexibility index (Phi) is 5.21. The molecule has 1 aliphatic heterocycles. The highest BCUT2D eigenvalue weighted by Gasteiger charge is 2.48. The van der Waals surface area contributed by atoms with Crippen molar-refractivity contribution in [2.45, 2.75) is 57.4 Å². The van der Waals surface area contributed by atoms with Crippen molar-refractivity contribution in [3.8, 4) is 12.3 Å². The van der Waals surface area contributed by atoms with Crippen molar-refractivity contribution in [2.24, 2.45) is 0 Å². The summed E-state index contributed by atoms with van der Waals surface area (Å²) in [6.07, 6.45) is 9.59. The van der Waals surface area contributed by atoms with E-state index in [1.807, 2.05) is 6.92 Å². The van der Waals surface area contributed by atoms with Gasteiger partial charge in [0.1, 0.15) is 5.54 Å². The molecule has 1 rings (SSSR count). The van der Waals surface area contributed by atoms with Crippen molar-refractivity contribution in [3.63, 3.8) is 0 Å². The quantitative estimate of drug-likeness (QED) is 0.580. The Hall–Kier alpha value is -1.50. The first-order chi connectivity index (χ1) is 8.58. The summed E-state index contributed by atoms with van der Waals surface area (Å²) in [5.41, 5.74) is -0.969. The summed E-state index contributed by atoms with van der Waals surface area (Å²) in [5.74, 6) is 1.61. The molecule has 1 N–H and O–H groups in total. The van der Waals surface area contributed by atoms with Crippen molar-refractivity contribution < 1.29 is 14.7 Å². The van der Waals surface area contributed by atoms with Gasteiger partial charge in [0.25, 0.3) is 0 Å². The Morgan fingerprint density at radius 2 is 2.17 bits per heavy atom. The third kappa shape index (κ3) is 2.84. The van der Waals surface area contributed by atoms with E-state index in [9.17, 15) is 14.7 Å². The van der Waals surface area contributed by atoms with Gasteiger partial charge in [0, 0.05) is 19.4 Å². The number of likely N-dealkylation sites (tertiary alicyclic amines) is 1. The van der Waals surface area contributed by atoms with Gasteiger partial charge in [0.2, 0.25) is 5.91 Å². The summed E-state index contributed by atoms with van der Waals surface area (Å²) in [6, 6.07) is 0. The van der Waals surface area contributed by atoms with Gasteiger partial charge < -0.3 is 10.0 Å². The lowest BCUT2D eigenvalue weighted by Crippen LogP contribution is -2.52. The van der Waals surface area contributed by atoms with Crippen molar-refractivity contribution in [1.29, 1.82) is 0 Å². The second-order valence-electron chi connectivity index (χ2n) is 4.75. The molecular weight excluding hydrogens is 230 g/mol. The fourth-order valence-corrected chi connectivity index (χ4v) is 2.62. The molecule has 4 nitrogen and oxygen atoms in total. The topological polar surface area (TPSA) is 57.6 Å². The lowest BCUT2D eigenvalue weighted by molar-refractivity contribution is -0.156. The van der Waals surface area contributed by atoms with Crippen LogP contribution in [0.15, 0.2) is 0 Å². The maximum Gasteiger partial charge on any atom is 0.329 e. The highest BCUT2D eigenvalue weighted by molar-refractivity contribution is 5.87. The zero-order valence-corrected chi connectivity index (χ0v) is 10.9. The van der Waals surface area contributed by atoms with Gasteiger partial charge in [-0.05, 0) is 32.1 Å². The number of carbonyl (C=O) groups excluding carboxylic acids is 1. The van der Waals surface area contributed by atoms with Gasteiger partial charge in [-0.1, -0.05) is 6.92 Å². The van der Waals surface area contributed by atoms with E-state index in [1.54, 1.807) is 4.90 Å². The van der Waals surface area contributed by atoms with Crippen molar-refractivity contribution in [1.82, 2.24) is 4.90 Å². The van der Waals surface area contributed by atoms with E-state index in [4.69, 9.17) is 6.42 Å². The van der Waals surface area contributed by atoms with Crippen LogP contribution in [0.2, 0.25) is 0 Å². The van der Waals surface area contributed by atoms with Crippen LogP contribution < -0.4 is 0 Å². The molecule has 1 amide bonds. The first kappa shape index (κ1) is 14.6. The maximum absolute atomic E-state index is 12.1. The molecule has 1 atom stereocenters. The minimum absolute atomic E-state index is 0.0474. The number of carboxylic acid groups (broad SMARTS) is 1. The smallest absolute Gasteiger partial charge is 0.329 e. The van der Waals surface area contributed by atoms with Crippen molar-refractivity contribution in [2.75, 3.05) is 6.54 Å². The molecule has 1 aliphatic rings. The van der Waals surface area contributed by atoms with E-state index in [2.05, 4.69) is 5.92 Å². The number of terminal acetylenes is 1. The van der Waals surface area contributed by atoms with E-state index < -0.39 is 11.5 Å². The Labute approximate surface area is 108 Å². The number of aliphatic carboxylic acids is 1. The number of unbranched alkanes of at least 4 members (excludes halogenated alkanes) is 2. The molecule has 4 heteroatoms. The number of rotatable bonds is 6. The lowest BCUT2D eigenvalue weighted by Gasteiger charge is -2.34. The van der Waals surface area contributed by atoms with Crippen LogP contribution in [0, 0.1) is 12.3 Å². The molecule has 0 aromatic rings. The average molecular weight is 251 g/mol. The number of carbonyl (C=O) groups is 2. The zero-order valence-electron chi connectivity index (χ0n) is 10.9. The predicted molar refractivity (Wildman–Crippen MR) is 68.9 cm³/mol. The molecule has 0 saturated carbocycles. The molecular formula is C14H21NO3. The number of carboxylic acids is 1. The highest BCUT2D eigenvalue weighted by Crippen LogP contribution is 2.33. The third-order valence-electron chi connectivity index (χ3n) is 3.73. The van der Waals surface area contributed by atoms with Crippen LogP contribution in [-0.2, 0) is 9.59 Å². The standard InChI is InChI=1S/C14H21NO3/c1-3-5-6-7-9-12(16)15-11-8-10-14(15,4-2)13(17)18/h1H,4-11H2,2H3,(H,17,18). The van der Waals surface area contributed by atoms with E-state index in [-0.39, 0.29) is 5.91 Å². The summed E-state index contributed by atoms with van der Waals surface area (Å²) >= 11 is 0. The minimum atomic E-state index is -0.969. The van der Waals surface area contributed by atoms with Crippen LogP contribution in [0.1, 0.15) is 51.9 Å². The second kappa shape index (κ2) is 6.44. The molecule has 0 aromatic heterocycles. The second-order valence-corrected chi connectivity index (χ2v) is 4.75. The molecule has 0 radical (unpaired) electrons. The molecule has 1 saturated heterocycles. The molecule has 1 unspecified atom stereocenters. The summed E-state index contributed by atoms with van der Waals surface area (Å²) in [5, 5.41) is 9.37. The molecule has 0 aromatic carbocycles. The van der Waals surface area contributed by atoms with Crippen LogP contribution in [0.4, 0.5) is 0 Å². The molecule has 1 heterocycles. The van der Waals surface area contributed by atoms with E-state index >= 15 is 0 Å². The molecule has 0 spiro atoms. The number of hydrogen-bond acceptors (Lipinski definition) is 2. The van der Waals surface area contributed by atoms with Crippen LogP contribution in [0.3, 0.4) is 0 Å². The lowest BCUT2D eigenvalue weighted by atomic mass is 9.92. The Morgan fingerprint density at radius 1 is 1.44 bits per heavy atom. The van der Waals surface area contributed by atoms with Crippen LogP contribution in [-0.4, -0.2) is 34.0 Å². The van der Waals surface area contributed by atoms with E-state index in [1.165, 1.54) is 0 Å². The largest absolute Gasteiger partial charge is 0.479 e. The van der Waals surface area contributed by atoms with Gasteiger partial charge in [0.05, 0.1) is 0 Å². The van der Waals surface area contributed by atoms with E-state index in [0.29, 0.717) is 32.2 Å². The molecule has 18 heavy (non-hydrogen) atoms. The maximum atomic E-state index is 12.1. The van der Waals surface area contributed by atoms with E-state index in [0.717, 1.165) is 19.3 Å². The first-order valence-corrected chi connectivity index (χ1v) is 6.56. The summed E-state index contributed by atoms with van der Waals surface area (Å²) in [4.78, 5) is 25.1. The summed E-state index contributed by atoms with van der Waals surface area (Å²) in [6.45, 7) is 2.40. The Morgan fingerprint density at radius 3 is 2.72 bits per heavy atom. The van der Waals surface area contributed by atoms with Crippen molar-refractivity contribution >= 4 is 11.9 Å². The van der Waals surface area contributed by atoms with Gasteiger partial charge in [-0.15, -0.1) is 12.3 Å². The molecule has 1 fully saturated rings. The molecule has 0 bridgehead atoms. The van der Waals surface area contributed by atoms with Gasteiger partial charge in [-0.2, -0.15) is 0 Å². The SMILES string of the molecule is C#CCCCCC(=O)N1CCCC1(CC)C(=O)O. The van der Waals surface area contributed by atoms with Gasteiger partial charge in [-0.3, -0.25) is 4.79 Å². The normalized spacial score (nSPS) is 22.8. The summed E-state index contributed by atoms with van der Waals surface area (Å²) in [7, 11) is 0. The fourth-order valence-electron chi connectivity index (χ4n) is 2.62. The van der Waals surface area contributed by atoms with Crippen LogP contribution >= 0.6 is 0 Å². The van der Waals surface area contributed by atoms with Crippen molar-refractivity contribution in [3.05, 3.63) is 0 Å². The molecule has 0 aliphatic carbocycles. The predicted octanol–water partition coefficient (Wildman–Crippen LogP) is 2.04. The minimum Gasteiger partial charge on any atom is -0.479 e. The molecule has 100 valence electrons.